The van der Waals surface area contributed by atoms with Crippen LogP contribution in [-0.2, 0) is 14.6 Å². The van der Waals surface area contributed by atoms with E-state index in [-0.39, 0.29) is 40.7 Å². The molecule has 2 atom stereocenters. The minimum Gasteiger partial charge on any atom is -0.507 e. The summed E-state index contributed by atoms with van der Waals surface area (Å²) in [6, 6.07) is 3.76. The summed E-state index contributed by atoms with van der Waals surface area (Å²) in [4.78, 5) is 25.6. The Morgan fingerprint density at radius 2 is 1.91 bits per heavy atom. The van der Waals surface area contributed by atoms with Gasteiger partial charge in [-0.3, -0.25) is 4.79 Å². The number of ether oxygens (including phenoxy) is 3. The monoisotopic (exact) mass is 479 g/mol. The van der Waals surface area contributed by atoms with Crippen molar-refractivity contribution in [3.05, 3.63) is 57.0 Å². The van der Waals surface area contributed by atoms with Gasteiger partial charge in [-0.15, -0.1) is 0 Å². The molecule has 11 heteroatoms. The smallest absolute Gasteiger partial charge is 0.343 e. The van der Waals surface area contributed by atoms with Crippen LogP contribution in [0.25, 0.3) is 0 Å². The lowest BCUT2D eigenvalue weighted by Gasteiger charge is -2.23. The maximum absolute atomic E-state index is 12.9. The van der Waals surface area contributed by atoms with Gasteiger partial charge in [0.25, 0.3) is 0 Å². The van der Waals surface area contributed by atoms with Crippen molar-refractivity contribution >= 4 is 15.7 Å². The van der Waals surface area contributed by atoms with Crippen LogP contribution in [0.2, 0.25) is 0 Å². The Hall–Kier alpha value is -3.47. The van der Waals surface area contributed by atoms with E-state index in [2.05, 4.69) is 5.32 Å². The molecule has 1 aromatic heterocycles. The highest BCUT2D eigenvalue weighted by atomic mass is 32.2. The first-order valence-electron chi connectivity index (χ1n) is 9.93. The highest BCUT2D eigenvalue weighted by Gasteiger charge is 2.32. The van der Waals surface area contributed by atoms with Gasteiger partial charge in [0.05, 0.1) is 38.7 Å². The number of nitrogens with one attached hydrogen (secondary N) is 1. The standard InChI is InChI=1S/C22H25NO9S/c1-12-9-16(24)19(22(26)32-12)15(10-18(25)23-13-7-8-33(27,28)11-13)14-5-6-17(29-2)21(31-4)20(14)30-3/h5-9,13,15,24H,10-11H2,1-4H3,(H,23,25)/t13-,15-/m1/s1. The number of benzene rings is 1. The fraction of sp³-hybridized carbons (Fsp3) is 0.364. The van der Waals surface area contributed by atoms with Crippen LogP contribution < -0.4 is 25.2 Å². The average Bonchev–Trinajstić information content (AvgIpc) is 3.08. The molecule has 0 spiro atoms. The lowest BCUT2D eigenvalue weighted by atomic mass is 9.87. The highest BCUT2D eigenvalue weighted by molar-refractivity contribution is 7.94. The Balaban J connectivity index is 2.09. The molecule has 0 saturated heterocycles. The second kappa shape index (κ2) is 9.57. The summed E-state index contributed by atoms with van der Waals surface area (Å²) in [6.07, 6.45) is 1.08. The van der Waals surface area contributed by atoms with E-state index in [4.69, 9.17) is 18.6 Å². The first-order valence-corrected chi connectivity index (χ1v) is 11.6. The lowest BCUT2D eigenvalue weighted by Crippen LogP contribution is -2.36. The van der Waals surface area contributed by atoms with Crippen LogP contribution in [0.5, 0.6) is 23.0 Å². The maximum Gasteiger partial charge on any atom is 0.343 e. The fourth-order valence-corrected chi connectivity index (χ4v) is 5.04. The normalized spacial score (nSPS) is 17.4. The van der Waals surface area contributed by atoms with Crippen molar-refractivity contribution in [2.45, 2.75) is 25.3 Å². The molecule has 0 bridgehead atoms. The van der Waals surface area contributed by atoms with Crippen LogP contribution in [0.15, 0.2) is 38.9 Å². The van der Waals surface area contributed by atoms with Crippen LogP contribution in [0.4, 0.5) is 0 Å². The topological polar surface area (TPSA) is 141 Å². The SMILES string of the molecule is COc1ccc([C@@H](CC(=O)N[C@@H]2C=CS(=O)(=O)C2)c2c(O)cc(C)oc2=O)c(OC)c1OC. The van der Waals surface area contributed by atoms with Gasteiger partial charge in [0, 0.05) is 29.4 Å². The number of rotatable bonds is 8. The molecule has 33 heavy (non-hydrogen) atoms. The average molecular weight is 480 g/mol. The maximum atomic E-state index is 12.9. The van der Waals surface area contributed by atoms with Crippen molar-refractivity contribution < 1.29 is 36.9 Å². The van der Waals surface area contributed by atoms with Gasteiger partial charge >= 0.3 is 5.63 Å². The van der Waals surface area contributed by atoms with Crippen molar-refractivity contribution in [1.82, 2.24) is 5.32 Å². The summed E-state index contributed by atoms with van der Waals surface area (Å²) in [7, 11) is 0.885. The number of carbonyl (C=O) groups is 1. The van der Waals surface area contributed by atoms with E-state index in [1.807, 2.05) is 0 Å². The molecule has 1 aliphatic heterocycles. The second-order valence-electron chi connectivity index (χ2n) is 7.46. The molecule has 178 valence electrons. The number of methoxy groups -OCH3 is 3. The molecule has 3 rings (SSSR count). The molecule has 1 aromatic carbocycles. The lowest BCUT2D eigenvalue weighted by molar-refractivity contribution is -0.121. The summed E-state index contributed by atoms with van der Waals surface area (Å²) >= 11 is 0. The Labute approximate surface area is 190 Å². The van der Waals surface area contributed by atoms with E-state index in [0.717, 1.165) is 5.41 Å². The summed E-state index contributed by atoms with van der Waals surface area (Å²) in [5.41, 5.74) is -0.590. The quantitative estimate of drug-likeness (QED) is 0.578. The predicted octanol–water partition coefficient (Wildman–Crippen LogP) is 1.63. The third kappa shape index (κ3) is 5.14. The van der Waals surface area contributed by atoms with E-state index >= 15 is 0 Å². The first kappa shape index (κ1) is 24.2. The third-order valence-electron chi connectivity index (χ3n) is 5.21. The molecule has 2 N–H and O–H groups in total. The van der Waals surface area contributed by atoms with Gasteiger partial charge in [-0.25, -0.2) is 13.2 Å². The largest absolute Gasteiger partial charge is 0.507 e. The van der Waals surface area contributed by atoms with Gasteiger partial charge < -0.3 is 29.1 Å². The molecule has 1 amide bonds. The van der Waals surface area contributed by atoms with E-state index in [1.54, 1.807) is 12.1 Å². The van der Waals surface area contributed by atoms with E-state index in [0.29, 0.717) is 11.3 Å². The van der Waals surface area contributed by atoms with Crippen LogP contribution in [0.1, 0.15) is 29.2 Å². The van der Waals surface area contributed by atoms with Gasteiger partial charge in [-0.1, -0.05) is 6.07 Å². The summed E-state index contributed by atoms with van der Waals surface area (Å²) in [6.45, 7) is 1.51. The second-order valence-corrected chi connectivity index (χ2v) is 9.39. The van der Waals surface area contributed by atoms with Gasteiger partial charge in [0.15, 0.2) is 21.3 Å². The number of aryl methyl sites for hydroxylation is 1. The minimum atomic E-state index is -3.37. The first-order chi connectivity index (χ1) is 15.6. The third-order valence-corrected chi connectivity index (χ3v) is 6.61. The molecular formula is C22H25NO9S. The zero-order valence-corrected chi connectivity index (χ0v) is 19.4. The van der Waals surface area contributed by atoms with E-state index in [1.165, 1.54) is 40.4 Å². The molecule has 2 aromatic rings. The summed E-state index contributed by atoms with van der Waals surface area (Å²) < 4.78 is 44.7. The summed E-state index contributed by atoms with van der Waals surface area (Å²) in [5, 5.41) is 14.3. The van der Waals surface area contributed by atoms with E-state index < -0.39 is 33.3 Å². The van der Waals surface area contributed by atoms with Crippen molar-refractivity contribution in [3.8, 4) is 23.0 Å². The number of sulfone groups is 1. The Morgan fingerprint density at radius 3 is 2.45 bits per heavy atom. The Kier molecular flexibility index (Phi) is 7.01. The summed E-state index contributed by atoms with van der Waals surface area (Å²) in [5.74, 6) is -1.13. The van der Waals surface area contributed by atoms with Gasteiger partial charge in [-0.2, -0.15) is 0 Å². The van der Waals surface area contributed by atoms with E-state index in [9.17, 15) is 23.1 Å². The molecule has 10 nitrogen and oxygen atoms in total. The van der Waals surface area contributed by atoms with Gasteiger partial charge in [-0.05, 0) is 19.1 Å². The molecule has 0 saturated carbocycles. The predicted molar refractivity (Wildman–Crippen MR) is 119 cm³/mol. The molecular weight excluding hydrogens is 454 g/mol. The molecule has 1 aliphatic rings. The highest BCUT2D eigenvalue weighted by Crippen LogP contribution is 2.45. The molecule has 0 aliphatic carbocycles. The Bertz CT molecular complexity index is 1250. The molecule has 2 heterocycles. The van der Waals surface area contributed by atoms with Gasteiger partial charge in [0.2, 0.25) is 11.7 Å². The minimum absolute atomic E-state index is 0.143. The van der Waals surface area contributed by atoms with Crippen LogP contribution >= 0.6 is 0 Å². The van der Waals surface area contributed by atoms with Crippen molar-refractivity contribution in [2.24, 2.45) is 0 Å². The number of amides is 1. The molecule has 0 unspecified atom stereocenters. The van der Waals surface area contributed by atoms with Gasteiger partial charge in [0.1, 0.15) is 11.5 Å². The van der Waals surface area contributed by atoms with Crippen molar-refractivity contribution in [2.75, 3.05) is 27.1 Å². The molecule has 0 fully saturated rings. The number of carbonyl (C=O) groups excluding carboxylic acids is 1. The number of hydrogen-bond acceptors (Lipinski definition) is 9. The zero-order valence-electron chi connectivity index (χ0n) is 18.6. The molecule has 0 radical (unpaired) electrons. The van der Waals surface area contributed by atoms with Crippen LogP contribution in [-0.4, -0.2) is 52.6 Å². The van der Waals surface area contributed by atoms with Crippen molar-refractivity contribution in [3.63, 3.8) is 0 Å². The zero-order chi connectivity index (χ0) is 24.3. The number of hydrogen-bond donors (Lipinski definition) is 2. The Morgan fingerprint density at radius 1 is 1.21 bits per heavy atom. The fourth-order valence-electron chi connectivity index (χ4n) is 3.81. The van der Waals surface area contributed by atoms with Crippen LogP contribution in [0.3, 0.4) is 0 Å². The van der Waals surface area contributed by atoms with Crippen molar-refractivity contribution in [1.29, 1.82) is 0 Å². The van der Waals surface area contributed by atoms with Crippen LogP contribution in [0, 0.1) is 6.92 Å². The number of aromatic hydroxyl groups is 1.